The third-order valence-corrected chi connectivity index (χ3v) is 17.2. The first-order valence-electron chi connectivity index (χ1n) is 27.4. The molecule has 0 fully saturated rings. The fourth-order valence-electron chi connectivity index (χ4n) is 13.2. The molecule has 370 valence electrons. The summed E-state index contributed by atoms with van der Waals surface area (Å²) in [6, 6.07) is 77.9. The molecule has 11 aromatic rings. The van der Waals surface area contributed by atoms with Crippen molar-refractivity contribution in [1.82, 2.24) is 9.13 Å². The van der Waals surface area contributed by atoms with Gasteiger partial charge >= 0.3 is 0 Å². The lowest BCUT2D eigenvalue weighted by Crippen LogP contribution is -2.28. The van der Waals surface area contributed by atoms with E-state index in [2.05, 4.69) is 286 Å². The van der Waals surface area contributed by atoms with Gasteiger partial charge in [0.05, 0.1) is 5.41 Å². The summed E-state index contributed by atoms with van der Waals surface area (Å²) in [5.74, 6) is 0.258. The van der Waals surface area contributed by atoms with Crippen molar-refractivity contribution in [2.24, 2.45) is 20.0 Å². The molecule has 1 atom stereocenters. The first kappa shape index (κ1) is 46.5. The van der Waals surface area contributed by atoms with Crippen molar-refractivity contribution in [3.05, 3.63) is 315 Å². The first-order chi connectivity index (χ1) is 37.8. The smallest absolute Gasteiger partial charge is 0.0713 e. The van der Waals surface area contributed by atoms with E-state index in [0.29, 0.717) is 0 Å². The third kappa shape index (κ3) is 7.76. The lowest BCUT2D eigenvalue weighted by Gasteiger charge is -2.34. The number of aryl methyl sites for hydroxylation is 5. The molecule has 0 radical (unpaired) electrons. The van der Waals surface area contributed by atoms with Crippen LogP contribution in [0.25, 0.3) is 72.7 Å². The van der Waals surface area contributed by atoms with Gasteiger partial charge in [0.1, 0.15) is 0 Å². The standard InChI is InChI=1S/C75H60N2/c1-49-21-29-55(30-22-49)65(57-37-43-73-67(47-57)63-15-7-11-19-71(63)76(73)3)45-51-25-33-53(34-26-51)54-35-41-60(42-36-54)75(69-17-9-5-13-61(69)62-14-6-10-18-70(62)75)59-39-27-52(28-40-59)46-66(56-31-23-50(2)24-32-56)58-38-44-74-68(48-58)64-16-8-12-20-72(64)77(74)4/h5-7,9-15,17-25,27-48,51H,8,16,26H2,1-4H3/b65-45+,66-46+. The van der Waals surface area contributed by atoms with Crippen LogP contribution in [0.1, 0.15) is 90.9 Å². The van der Waals surface area contributed by atoms with E-state index < -0.39 is 5.41 Å². The fourth-order valence-corrected chi connectivity index (χ4v) is 13.2. The molecule has 0 aliphatic heterocycles. The Hall–Kier alpha value is -8.98. The van der Waals surface area contributed by atoms with E-state index in [0.717, 1.165) is 19.3 Å². The minimum Gasteiger partial charge on any atom is -0.344 e. The summed E-state index contributed by atoms with van der Waals surface area (Å²) in [4.78, 5) is 0. The van der Waals surface area contributed by atoms with E-state index in [1.807, 2.05) is 0 Å². The van der Waals surface area contributed by atoms with Crippen LogP contribution in [-0.2, 0) is 25.9 Å². The SMILES string of the molecule is Cc1ccc(/C(=C\c2ccc(C3(c4ccc(C5=CCC(/C=C(\c6ccc(C)cc6)c6ccc7c(c6)c6ccccc6n7C)C=C5)cc4)c4ccccc4-c4ccccc43)cc2)c2ccc3c(c2)c2c(n3C)C=CCC2)cc1. The average molecular weight is 989 g/mol. The van der Waals surface area contributed by atoms with Crippen LogP contribution in [0.15, 0.2) is 237 Å². The van der Waals surface area contributed by atoms with E-state index in [-0.39, 0.29) is 5.92 Å². The molecule has 2 aromatic heterocycles. The molecule has 2 heteroatoms. The van der Waals surface area contributed by atoms with Gasteiger partial charge in [0.15, 0.2) is 0 Å². The molecule has 14 rings (SSSR count). The Morgan fingerprint density at radius 3 is 1.73 bits per heavy atom. The average Bonchev–Trinajstić information content (AvgIpc) is 4.30. The normalized spacial score (nSPS) is 15.7. The van der Waals surface area contributed by atoms with Gasteiger partial charge in [-0.15, -0.1) is 0 Å². The van der Waals surface area contributed by atoms with Crippen molar-refractivity contribution >= 4 is 61.6 Å². The second kappa shape index (κ2) is 18.7. The number of aromatic nitrogens is 2. The van der Waals surface area contributed by atoms with Crippen molar-refractivity contribution in [1.29, 1.82) is 0 Å². The summed E-state index contributed by atoms with van der Waals surface area (Å²) < 4.78 is 4.67. The highest BCUT2D eigenvalue weighted by atomic mass is 14.9. The molecule has 0 amide bonds. The molecule has 0 saturated heterocycles. The van der Waals surface area contributed by atoms with Crippen LogP contribution in [0, 0.1) is 19.8 Å². The molecule has 9 aromatic carbocycles. The number of benzene rings is 9. The van der Waals surface area contributed by atoms with Crippen LogP contribution in [0.3, 0.4) is 0 Å². The molecular formula is C75H60N2. The number of nitrogens with zero attached hydrogens (tertiary/aromatic N) is 2. The van der Waals surface area contributed by atoms with E-state index in [1.165, 1.54) is 139 Å². The van der Waals surface area contributed by atoms with Gasteiger partial charge in [-0.25, -0.2) is 0 Å². The monoisotopic (exact) mass is 988 g/mol. The number of allylic oxidation sites excluding steroid dienone is 6. The van der Waals surface area contributed by atoms with Gasteiger partial charge in [-0.05, 0) is 171 Å². The predicted molar refractivity (Wildman–Crippen MR) is 326 cm³/mol. The summed E-state index contributed by atoms with van der Waals surface area (Å²) in [5.41, 5.74) is 27.5. The second-order valence-electron chi connectivity index (χ2n) is 21.7. The molecule has 77 heavy (non-hydrogen) atoms. The third-order valence-electron chi connectivity index (χ3n) is 17.2. The highest BCUT2D eigenvalue weighted by Crippen LogP contribution is 2.56. The van der Waals surface area contributed by atoms with E-state index in [4.69, 9.17) is 0 Å². The molecule has 2 heterocycles. The molecule has 1 unspecified atom stereocenters. The second-order valence-corrected chi connectivity index (χ2v) is 21.7. The molecule has 0 bridgehead atoms. The number of hydrogen-bond donors (Lipinski definition) is 0. The lowest BCUT2D eigenvalue weighted by atomic mass is 9.67. The lowest BCUT2D eigenvalue weighted by molar-refractivity contribution is 0.768. The van der Waals surface area contributed by atoms with Gasteiger partial charge in [0.2, 0.25) is 0 Å². The Labute approximate surface area is 452 Å². The fraction of sp³-hybridized carbons (Fsp3) is 0.120. The molecule has 0 N–H and O–H groups in total. The Kier molecular flexibility index (Phi) is 11.3. The zero-order chi connectivity index (χ0) is 51.8. The summed E-state index contributed by atoms with van der Waals surface area (Å²) >= 11 is 0. The Balaban J connectivity index is 0.813. The van der Waals surface area contributed by atoms with Crippen molar-refractivity contribution in [2.45, 2.75) is 38.5 Å². The number of hydrogen-bond acceptors (Lipinski definition) is 0. The number of rotatable bonds is 9. The zero-order valence-corrected chi connectivity index (χ0v) is 44.3. The van der Waals surface area contributed by atoms with Crippen LogP contribution >= 0.6 is 0 Å². The van der Waals surface area contributed by atoms with Crippen molar-refractivity contribution < 1.29 is 0 Å². The number of fused-ring (bicyclic) bond motifs is 9. The van der Waals surface area contributed by atoms with Crippen LogP contribution in [0.4, 0.5) is 0 Å². The zero-order valence-electron chi connectivity index (χ0n) is 44.3. The van der Waals surface area contributed by atoms with E-state index in [9.17, 15) is 0 Å². The summed E-state index contributed by atoms with van der Waals surface area (Å²) in [5, 5.41) is 3.94. The quantitative estimate of drug-likeness (QED) is 0.128. The Morgan fingerprint density at radius 2 is 1.06 bits per heavy atom. The van der Waals surface area contributed by atoms with E-state index >= 15 is 0 Å². The topological polar surface area (TPSA) is 9.86 Å². The van der Waals surface area contributed by atoms with Crippen molar-refractivity contribution in [3.63, 3.8) is 0 Å². The van der Waals surface area contributed by atoms with Crippen LogP contribution in [0.2, 0.25) is 0 Å². The molecule has 3 aliphatic carbocycles. The molecule has 0 spiro atoms. The van der Waals surface area contributed by atoms with Crippen LogP contribution in [0.5, 0.6) is 0 Å². The highest BCUT2D eigenvalue weighted by Gasteiger charge is 2.46. The van der Waals surface area contributed by atoms with Crippen LogP contribution in [-0.4, -0.2) is 9.13 Å². The number of para-hydroxylation sites is 1. The summed E-state index contributed by atoms with van der Waals surface area (Å²) in [7, 11) is 4.37. The maximum atomic E-state index is 2.49. The Morgan fingerprint density at radius 1 is 0.506 bits per heavy atom. The minimum absolute atomic E-state index is 0.258. The predicted octanol–water partition coefficient (Wildman–Crippen LogP) is 18.4. The largest absolute Gasteiger partial charge is 0.344 e. The minimum atomic E-state index is -0.506. The van der Waals surface area contributed by atoms with Gasteiger partial charge in [-0.1, -0.05) is 217 Å². The first-order valence-corrected chi connectivity index (χ1v) is 27.4. The van der Waals surface area contributed by atoms with Gasteiger partial charge in [-0.2, -0.15) is 0 Å². The molecular weight excluding hydrogens is 929 g/mol. The highest BCUT2D eigenvalue weighted by molar-refractivity contribution is 6.09. The maximum Gasteiger partial charge on any atom is 0.0713 e. The Bertz CT molecular complexity index is 4250. The molecule has 2 nitrogen and oxygen atoms in total. The van der Waals surface area contributed by atoms with Gasteiger partial charge < -0.3 is 9.13 Å². The van der Waals surface area contributed by atoms with Crippen molar-refractivity contribution in [3.8, 4) is 11.1 Å². The van der Waals surface area contributed by atoms with Crippen molar-refractivity contribution in [2.75, 3.05) is 0 Å². The van der Waals surface area contributed by atoms with Gasteiger partial charge in [0, 0.05) is 52.5 Å². The maximum absolute atomic E-state index is 2.49. The summed E-state index contributed by atoms with van der Waals surface area (Å²) in [6.07, 6.45) is 19.8. The molecule has 3 aliphatic rings. The summed E-state index contributed by atoms with van der Waals surface area (Å²) in [6.45, 7) is 4.33. The van der Waals surface area contributed by atoms with Gasteiger partial charge in [-0.3, -0.25) is 0 Å². The van der Waals surface area contributed by atoms with Crippen LogP contribution < -0.4 is 0 Å². The van der Waals surface area contributed by atoms with Gasteiger partial charge in [0.25, 0.3) is 0 Å². The van der Waals surface area contributed by atoms with E-state index in [1.54, 1.807) is 0 Å². The molecule has 0 saturated carbocycles.